The van der Waals surface area contributed by atoms with Gasteiger partial charge in [-0.25, -0.2) is 0 Å². The predicted octanol–water partition coefficient (Wildman–Crippen LogP) is 2.94. The van der Waals surface area contributed by atoms with Gasteiger partial charge in [-0.2, -0.15) is 0 Å². The van der Waals surface area contributed by atoms with E-state index in [1.165, 1.54) is 11.8 Å². The van der Waals surface area contributed by atoms with Crippen molar-refractivity contribution in [1.82, 2.24) is 4.90 Å². The first kappa shape index (κ1) is 17.5. The minimum Gasteiger partial charge on any atom is -0.481 e. The van der Waals surface area contributed by atoms with Crippen LogP contribution in [0.1, 0.15) is 12.0 Å². The van der Waals surface area contributed by atoms with Gasteiger partial charge in [0.05, 0.1) is 4.91 Å². The summed E-state index contributed by atoms with van der Waals surface area (Å²) in [5.41, 5.74) is 0.912. The van der Waals surface area contributed by atoms with Gasteiger partial charge in [-0.1, -0.05) is 42.0 Å². The first-order chi connectivity index (χ1) is 11.2. The molecule has 1 aromatic carbocycles. The van der Waals surface area contributed by atoms with E-state index in [-0.39, 0.29) is 12.5 Å². The largest absolute Gasteiger partial charge is 0.481 e. The number of benzene rings is 1. The third kappa shape index (κ3) is 4.83. The van der Waals surface area contributed by atoms with Crippen LogP contribution < -0.4 is 4.74 Å². The topological polar surface area (TPSA) is 38.8 Å². The summed E-state index contributed by atoms with van der Waals surface area (Å²) < 4.78 is 10.9. The van der Waals surface area contributed by atoms with E-state index in [0.29, 0.717) is 28.1 Å². The molecule has 0 radical (unpaired) electrons. The summed E-state index contributed by atoms with van der Waals surface area (Å²) in [6, 6.07) is 7.40. The number of carbonyl (C=O) groups excluding carboxylic acids is 1. The highest BCUT2D eigenvalue weighted by atomic mass is 32.2. The maximum Gasteiger partial charge on any atom is 0.266 e. The fourth-order valence-electron chi connectivity index (χ4n) is 2.00. The summed E-state index contributed by atoms with van der Waals surface area (Å²) in [6.45, 7) is 1.42. The molecule has 0 atom stereocenters. The lowest BCUT2D eigenvalue weighted by atomic mass is 10.2. The molecule has 1 aromatic rings. The van der Waals surface area contributed by atoms with Gasteiger partial charge in [-0.05, 0) is 30.2 Å². The van der Waals surface area contributed by atoms with Gasteiger partial charge in [-0.3, -0.25) is 9.69 Å². The van der Waals surface area contributed by atoms with Crippen LogP contribution in [0.2, 0.25) is 0 Å². The van der Waals surface area contributed by atoms with E-state index < -0.39 is 0 Å². The van der Waals surface area contributed by atoms with Gasteiger partial charge in [0.25, 0.3) is 5.91 Å². The first-order valence-corrected chi connectivity index (χ1v) is 8.29. The average molecular weight is 347 g/mol. The minimum absolute atomic E-state index is 0.0521. The summed E-state index contributed by atoms with van der Waals surface area (Å²) >= 11 is 6.60. The Kier molecular flexibility index (Phi) is 6.66. The maximum atomic E-state index is 12.4. The normalized spacial score (nSPS) is 16.0. The number of hydrogen-bond donors (Lipinski definition) is 0. The quantitative estimate of drug-likeness (QED) is 0.328. The molecule has 0 saturated carbocycles. The molecule has 23 heavy (non-hydrogen) atoms. The number of carbonyl (C=O) groups is 1. The Morgan fingerprint density at radius 2 is 2.13 bits per heavy atom. The van der Waals surface area contributed by atoms with Crippen LogP contribution in [0.15, 0.2) is 29.2 Å². The van der Waals surface area contributed by atoms with Gasteiger partial charge >= 0.3 is 0 Å². The zero-order chi connectivity index (χ0) is 16.7. The Morgan fingerprint density at radius 1 is 1.39 bits per heavy atom. The number of rotatable bonds is 7. The third-order valence-electron chi connectivity index (χ3n) is 3.10. The van der Waals surface area contributed by atoms with Gasteiger partial charge in [-0.15, -0.1) is 6.42 Å². The van der Waals surface area contributed by atoms with E-state index in [1.54, 1.807) is 12.0 Å². The van der Waals surface area contributed by atoms with Gasteiger partial charge in [0.1, 0.15) is 16.7 Å². The molecule has 6 heteroatoms. The highest BCUT2D eigenvalue weighted by Crippen LogP contribution is 2.32. The molecule has 0 spiro atoms. The lowest BCUT2D eigenvalue weighted by Gasteiger charge is -2.13. The second-order valence-corrected chi connectivity index (χ2v) is 6.42. The van der Waals surface area contributed by atoms with Crippen LogP contribution in [0.25, 0.3) is 6.08 Å². The number of ether oxygens (including phenoxy) is 2. The molecule has 1 heterocycles. The van der Waals surface area contributed by atoms with Crippen molar-refractivity contribution in [2.24, 2.45) is 0 Å². The van der Waals surface area contributed by atoms with E-state index in [1.807, 2.05) is 30.3 Å². The third-order valence-corrected chi connectivity index (χ3v) is 4.48. The molecule has 0 bridgehead atoms. The SMILES string of the molecule is C#CCOc1ccc(/C=C2/SC(=S)N(CCCOC)C2=O)cc1. The standard InChI is InChI=1S/C17H17NO3S2/c1-3-10-21-14-7-5-13(6-8-14)12-15-16(19)18(17(22)23-15)9-4-11-20-2/h1,5-8,12H,4,9-11H2,2H3/b15-12+. The van der Waals surface area contributed by atoms with Crippen molar-refractivity contribution in [2.45, 2.75) is 6.42 Å². The molecule has 2 rings (SSSR count). The van der Waals surface area contributed by atoms with Crippen molar-refractivity contribution in [3.05, 3.63) is 34.7 Å². The maximum absolute atomic E-state index is 12.4. The van der Waals surface area contributed by atoms with Crippen LogP contribution in [-0.4, -0.2) is 42.0 Å². The first-order valence-electron chi connectivity index (χ1n) is 7.06. The number of terminal acetylenes is 1. The Morgan fingerprint density at radius 3 is 2.78 bits per heavy atom. The Bertz CT molecular complexity index is 647. The molecule has 1 fully saturated rings. The van der Waals surface area contributed by atoms with Crippen LogP contribution in [0.4, 0.5) is 0 Å². The molecule has 0 N–H and O–H groups in total. The van der Waals surface area contributed by atoms with Crippen molar-refractivity contribution in [1.29, 1.82) is 0 Å². The zero-order valence-electron chi connectivity index (χ0n) is 12.8. The van der Waals surface area contributed by atoms with E-state index in [2.05, 4.69) is 5.92 Å². The van der Waals surface area contributed by atoms with Gasteiger partial charge in [0.2, 0.25) is 0 Å². The highest BCUT2D eigenvalue weighted by Gasteiger charge is 2.31. The molecular weight excluding hydrogens is 330 g/mol. The summed E-state index contributed by atoms with van der Waals surface area (Å²) in [5, 5.41) is 0. The second-order valence-electron chi connectivity index (χ2n) is 4.74. The molecule has 0 unspecified atom stereocenters. The van der Waals surface area contributed by atoms with Crippen molar-refractivity contribution < 1.29 is 14.3 Å². The monoisotopic (exact) mass is 347 g/mol. The van der Waals surface area contributed by atoms with Crippen LogP contribution in [0, 0.1) is 12.3 Å². The molecule has 1 aliphatic rings. The van der Waals surface area contributed by atoms with E-state index in [4.69, 9.17) is 28.1 Å². The Hall–Kier alpha value is -1.81. The van der Waals surface area contributed by atoms with Crippen LogP contribution in [-0.2, 0) is 9.53 Å². The minimum atomic E-state index is -0.0521. The van der Waals surface area contributed by atoms with Crippen molar-refractivity contribution in [3.8, 4) is 18.1 Å². The van der Waals surface area contributed by atoms with Gasteiger partial charge < -0.3 is 9.47 Å². The van der Waals surface area contributed by atoms with E-state index in [9.17, 15) is 4.79 Å². The van der Waals surface area contributed by atoms with E-state index >= 15 is 0 Å². The summed E-state index contributed by atoms with van der Waals surface area (Å²) in [5.74, 6) is 3.06. The zero-order valence-corrected chi connectivity index (χ0v) is 14.4. The van der Waals surface area contributed by atoms with Crippen molar-refractivity contribution in [2.75, 3.05) is 26.9 Å². The molecule has 4 nitrogen and oxygen atoms in total. The van der Waals surface area contributed by atoms with Crippen molar-refractivity contribution in [3.63, 3.8) is 0 Å². The smallest absolute Gasteiger partial charge is 0.266 e. The van der Waals surface area contributed by atoms with E-state index in [0.717, 1.165) is 12.0 Å². The number of thioether (sulfide) groups is 1. The molecule has 120 valence electrons. The molecule has 0 aliphatic carbocycles. The lowest BCUT2D eigenvalue weighted by molar-refractivity contribution is -0.122. The second kappa shape index (κ2) is 8.73. The fraction of sp³-hybridized carbons (Fsp3) is 0.294. The highest BCUT2D eigenvalue weighted by molar-refractivity contribution is 8.26. The average Bonchev–Trinajstić information content (AvgIpc) is 2.82. The van der Waals surface area contributed by atoms with Gasteiger partial charge in [0.15, 0.2) is 0 Å². The van der Waals surface area contributed by atoms with Crippen LogP contribution >= 0.6 is 24.0 Å². The van der Waals surface area contributed by atoms with Crippen LogP contribution in [0.3, 0.4) is 0 Å². The summed E-state index contributed by atoms with van der Waals surface area (Å²) in [6.07, 6.45) is 7.75. The number of nitrogens with zero attached hydrogens (tertiary/aromatic N) is 1. The lowest BCUT2D eigenvalue weighted by Crippen LogP contribution is -2.29. The van der Waals surface area contributed by atoms with Crippen molar-refractivity contribution >= 4 is 40.3 Å². The Labute approximate surface area is 145 Å². The number of thiocarbonyl (C=S) groups is 1. The van der Waals surface area contributed by atoms with Crippen LogP contribution in [0.5, 0.6) is 5.75 Å². The number of methoxy groups -OCH3 is 1. The summed E-state index contributed by atoms with van der Waals surface area (Å²) in [7, 11) is 1.64. The molecular formula is C17H17NO3S2. The van der Waals surface area contributed by atoms with Gasteiger partial charge in [0, 0.05) is 20.3 Å². The number of hydrogen-bond acceptors (Lipinski definition) is 5. The Balaban J connectivity index is 2.03. The molecule has 1 aliphatic heterocycles. The number of amides is 1. The molecule has 1 amide bonds. The molecule has 1 saturated heterocycles. The molecule has 0 aromatic heterocycles. The summed E-state index contributed by atoms with van der Waals surface area (Å²) in [4.78, 5) is 14.6. The fourth-order valence-corrected chi connectivity index (χ4v) is 3.30. The predicted molar refractivity (Wildman–Crippen MR) is 97.1 cm³/mol.